The fourth-order valence-corrected chi connectivity index (χ4v) is 2.39. The SMILES string of the molecule is Cc1ccc(CN(C)CC(=O)Nc2ccc(C(C)(C)C)cc2)o1. The average Bonchev–Trinajstić information content (AvgIpc) is 2.83. The van der Waals surface area contributed by atoms with E-state index in [0.717, 1.165) is 17.2 Å². The maximum absolute atomic E-state index is 12.1. The van der Waals surface area contributed by atoms with Gasteiger partial charge in [-0.3, -0.25) is 9.69 Å². The van der Waals surface area contributed by atoms with E-state index in [4.69, 9.17) is 4.42 Å². The Morgan fingerprint density at radius 1 is 1.13 bits per heavy atom. The number of nitrogens with one attached hydrogen (secondary N) is 1. The summed E-state index contributed by atoms with van der Waals surface area (Å²) in [6.45, 7) is 9.37. The molecule has 23 heavy (non-hydrogen) atoms. The molecule has 0 unspecified atom stereocenters. The van der Waals surface area contributed by atoms with Crippen LogP contribution >= 0.6 is 0 Å². The number of amides is 1. The second-order valence-electron chi connectivity index (χ2n) is 7.06. The molecule has 1 heterocycles. The Labute approximate surface area is 138 Å². The molecule has 0 aliphatic heterocycles. The van der Waals surface area contributed by atoms with Gasteiger partial charge in [-0.2, -0.15) is 0 Å². The van der Waals surface area contributed by atoms with Gasteiger partial charge in [0, 0.05) is 5.69 Å². The van der Waals surface area contributed by atoms with E-state index < -0.39 is 0 Å². The van der Waals surface area contributed by atoms with Gasteiger partial charge in [-0.15, -0.1) is 0 Å². The molecule has 0 aliphatic carbocycles. The number of aryl methyl sites for hydroxylation is 1. The number of hydrogen-bond acceptors (Lipinski definition) is 3. The number of rotatable bonds is 5. The number of carbonyl (C=O) groups excluding carboxylic acids is 1. The molecule has 0 atom stereocenters. The van der Waals surface area contributed by atoms with E-state index in [1.54, 1.807) is 0 Å². The smallest absolute Gasteiger partial charge is 0.238 e. The van der Waals surface area contributed by atoms with E-state index in [2.05, 4.69) is 38.2 Å². The molecule has 0 aliphatic rings. The molecule has 4 nitrogen and oxygen atoms in total. The van der Waals surface area contributed by atoms with Gasteiger partial charge in [0.2, 0.25) is 5.91 Å². The normalized spacial score (nSPS) is 11.7. The van der Waals surface area contributed by atoms with Gasteiger partial charge in [0.1, 0.15) is 11.5 Å². The van der Waals surface area contributed by atoms with Crippen LogP contribution in [0.25, 0.3) is 0 Å². The van der Waals surface area contributed by atoms with Crippen LogP contribution in [0.1, 0.15) is 37.9 Å². The Morgan fingerprint density at radius 2 is 1.78 bits per heavy atom. The third kappa shape index (κ3) is 5.25. The number of likely N-dealkylation sites (N-methyl/N-ethyl adjacent to an activating group) is 1. The van der Waals surface area contributed by atoms with E-state index in [0.29, 0.717) is 13.1 Å². The highest BCUT2D eigenvalue weighted by molar-refractivity contribution is 5.92. The van der Waals surface area contributed by atoms with E-state index in [1.807, 2.05) is 43.1 Å². The lowest BCUT2D eigenvalue weighted by Crippen LogP contribution is -2.29. The standard InChI is InChI=1S/C19H26N2O2/c1-14-6-11-17(23-14)12-21(5)13-18(22)20-16-9-7-15(8-10-16)19(2,3)4/h6-11H,12-13H2,1-5H3,(H,20,22). The molecule has 0 saturated carbocycles. The molecule has 1 N–H and O–H groups in total. The van der Waals surface area contributed by atoms with Crippen LogP contribution in [0.3, 0.4) is 0 Å². The van der Waals surface area contributed by atoms with E-state index in [-0.39, 0.29) is 11.3 Å². The summed E-state index contributed by atoms with van der Waals surface area (Å²) in [5.74, 6) is 1.73. The Bertz CT molecular complexity index is 651. The van der Waals surface area contributed by atoms with Crippen molar-refractivity contribution in [2.24, 2.45) is 0 Å². The minimum atomic E-state index is -0.0284. The molecule has 0 spiro atoms. The lowest BCUT2D eigenvalue weighted by atomic mass is 9.87. The lowest BCUT2D eigenvalue weighted by molar-refractivity contribution is -0.117. The highest BCUT2D eigenvalue weighted by atomic mass is 16.3. The average molecular weight is 314 g/mol. The first kappa shape index (κ1) is 17.3. The Balaban J connectivity index is 1.86. The lowest BCUT2D eigenvalue weighted by Gasteiger charge is -2.19. The molecule has 0 bridgehead atoms. The van der Waals surface area contributed by atoms with Crippen molar-refractivity contribution in [1.29, 1.82) is 0 Å². The molecular weight excluding hydrogens is 288 g/mol. The predicted molar refractivity (Wildman–Crippen MR) is 93.6 cm³/mol. The predicted octanol–water partition coefficient (Wildman–Crippen LogP) is 3.96. The third-order valence-electron chi connectivity index (χ3n) is 3.67. The first-order valence-electron chi connectivity index (χ1n) is 7.88. The van der Waals surface area contributed by atoms with Crippen molar-refractivity contribution >= 4 is 11.6 Å². The van der Waals surface area contributed by atoms with Crippen molar-refractivity contribution in [1.82, 2.24) is 4.90 Å². The van der Waals surface area contributed by atoms with Gasteiger partial charge in [-0.05, 0) is 49.2 Å². The summed E-state index contributed by atoms with van der Waals surface area (Å²) in [4.78, 5) is 14.0. The summed E-state index contributed by atoms with van der Waals surface area (Å²) in [5.41, 5.74) is 2.19. The highest BCUT2D eigenvalue weighted by Crippen LogP contribution is 2.23. The van der Waals surface area contributed by atoms with Crippen molar-refractivity contribution in [2.45, 2.75) is 39.7 Å². The maximum Gasteiger partial charge on any atom is 0.238 e. The van der Waals surface area contributed by atoms with Crippen LogP contribution in [0.4, 0.5) is 5.69 Å². The van der Waals surface area contributed by atoms with E-state index in [1.165, 1.54) is 5.56 Å². The first-order chi connectivity index (χ1) is 10.7. The minimum Gasteiger partial charge on any atom is -0.465 e. The van der Waals surface area contributed by atoms with E-state index >= 15 is 0 Å². The van der Waals surface area contributed by atoms with Crippen molar-refractivity contribution < 1.29 is 9.21 Å². The molecule has 0 radical (unpaired) electrons. The second kappa shape index (κ2) is 7.01. The number of benzene rings is 1. The van der Waals surface area contributed by atoms with Crippen LogP contribution in [0.15, 0.2) is 40.8 Å². The number of hydrogen-bond donors (Lipinski definition) is 1. The van der Waals surface area contributed by atoms with Gasteiger partial charge in [0.15, 0.2) is 0 Å². The summed E-state index contributed by atoms with van der Waals surface area (Å²) in [6, 6.07) is 11.9. The van der Waals surface area contributed by atoms with Crippen molar-refractivity contribution in [3.05, 3.63) is 53.5 Å². The van der Waals surface area contributed by atoms with Crippen LogP contribution in [0, 0.1) is 6.92 Å². The van der Waals surface area contributed by atoms with Gasteiger partial charge in [0.25, 0.3) is 0 Å². The Hall–Kier alpha value is -2.07. The zero-order valence-electron chi connectivity index (χ0n) is 14.6. The molecule has 1 amide bonds. The number of anilines is 1. The summed E-state index contributed by atoms with van der Waals surface area (Å²) in [5, 5.41) is 2.93. The molecule has 2 rings (SSSR count). The Kier molecular flexibility index (Phi) is 5.26. The van der Waals surface area contributed by atoms with Gasteiger partial charge in [-0.25, -0.2) is 0 Å². The molecule has 2 aromatic rings. The second-order valence-corrected chi connectivity index (χ2v) is 7.06. The highest BCUT2D eigenvalue weighted by Gasteiger charge is 2.14. The monoisotopic (exact) mass is 314 g/mol. The zero-order chi connectivity index (χ0) is 17.0. The summed E-state index contributed by atoms with van der Waals surface area (Å²) in [6.07, 6.45) is 0. The van der Waals surface area contributed by atoms with Crippen LogP contribution in [0.5, 0.6) is 0 Å². The molecule has 1 aromatic heterocycles. The third-order valence-corrected chi connectivity index (χ3v) is 3.67. The molecule has 1 aromatic carbocycles. The number of furan rings is 1. The molecule has 4 heteroatoms. The summed E-state index contributed by atoms with van der Waals surface area (Å²) in [7, 11) is 1.90. The topological polar surface area (TPSA) is 45.5 Å². The molecular formula is C19H26N2O2. The van der Waals surface area contributed by atoms with Gasteiger partial charge >= 0.3 is 0 Å². The summed E-state index contributed by atoms with van der Waals surface area (Å²) < 4.78 is 5.53. The molecule has 0 saturated heterocycles. The fraction of sp³-hybridized carbons (Fsp3) is 0.421. The van der Waals surface area contributed by atoms with Gasteiger partial charge in [-0.1, -0.05) is 32.9 Å². The zero-order valence-corrected chi connectivity index (χ0v) is 14.6. The van der Waals surface area contributed by atoms with Gasteiger partial charge < -0.3 is 9.73 Å². The maximum atomic E-state index is 12.1. The van der Waals surface area contributed by atoms with Crippen LogP contribution < -0.4 is 5.32 Å². The number of nitrogens with zero attached hydrogens (tertiary/aromatic N) is 1. The first-order valence-corrected chi connectivity index (χ1v) is 7.88. The quantitative estimate of drug-likeness (QED) is 0.908. The number of carbonyl (C=O) groups is 1. The van der Waals surface area contributed by atoms with Gasteiger partial charge in [0.05, 0.1) is 13.1 Å². The summed E-state index contributed by atoms with van der Waals surface area (Å²) >= 11 is 0. The van der Waals surface area contributed by atoms with Crippen LogP contribution in [0.2, 0.25) is 0 Å². The fourth-order valence-electron chi connectivity index (χ4n) is 2.39. The van der Waals surface area contributed by atoms with Crippen molar-refractivity contribution in [3.63, 3.8) is 0 Å². The minimum absolute atomic E-state index is 0.0284. The molecule has 0 fully saturated rings. The van der Waals surface area contributed by atoms with Crippen molar-refractivity contribution in [3.8, 4) is 0 Å². The van der Waals surface area contributed by atoms with Crippen molar-refractivity contribution in [2.75, 3.05) is 18.9 Å². The largest absolute Gasteiger partial charge is 0.465 e. The molecule has 124 valence electrons. The Morgan fingerprint density at radius 3 is 2.30 bits per heavy atom. The van der Waals surface area contributed by atoms with Crippen LogP contribution in [-0.2, 0) is 16.8 Å². The van der Waals surface area contributed by atoms with E-state index in [9.17, 15) is 4.79 Å². The van der Waals surface area contributed by atoms with Crippen LogP contribution in [-0.4, -0.2) is 24.4 Å².